The lowest BCUT2D eigenvalue weighted by Gasteiger charge is -2.13. The molecule has 1 aromatic heterocycles. The van der Waals surface area contributed by atoms with Gasteiger partial charge in [-0.1, -0.05) is 0 Å². The van der Waals surface area contributed by atoms with Crippen molar-refractivity contribution in [2.24, 2.45) is 0 Å². The van der Waals surface area contributed by atoms with E-state index in [9.17, 15) is 14.0 Å². The topological polar surface area (TPSA) is 83.4 Å². The molecule has 1 unspecified atom stereocenters. The third-order valence-electron chi connectivity index (χ3n) is 3.23. The van der Waals surface area contributed by atoms with E-state index in [4.69, 9.17) is 4.42 Å². The first-order valence-corrected chi connectivity index (χ1v) is 7.06. The first kappa shape index (κ1) is 16.5. The molecule has 1 heterocycles. The summed E-state index contributed by atoms with van der Waals surface area (Å²) in [5, 5.41) is 7.59. The number of carbonyl (C=O) groups excluding carboxylic acids is 2. The highest BCUT2D eigenvalue weighted by Crippen LogP contribution is 2.17. The number of nitrogens with one attached hydrogen (secondary N) is 3. The molecule has 0 radical (unpaired) electrons. The van der Waals surface area contributed by atoms with E-state index in [1.807, 2.05) is 6.92 Å². The van der Waals surface area contributed by atoms with Crippen LogP contribution in [0.2, 0.25) is 0 Å². The van der Waals surface area contributed by atoms with Crippen LogP contribution in [0.15, 0.2) is 34.7 Å². The van der Waals surface area contributed by atoms with Gasteiger partial charge in [0.1, 0.15) is 17.3 Å². The summed E-state index contributed by atoms with van der Waals surface area (Å²) in [6, 6.07) is 6.55. The quantitative estimate of drug-likeness (QED) is 0.810. The van der Waals surface area contributed by atoms with Crippen LogP contribution in [0.1, 0.15) is 34.8 Å². The Morgan fingerprint density at radius 1 is 1.22 bits per heavy atom. The van der Waals surface area contributed by atoms with Crippen LogP contribution >= 0.6 is 0 Å². The Bertz CT molecular complexity index is 727. The molecule has 0 aliphatic carbocycles. The lowest BCUT2D eigenvalue weighted by Crippen LogP contribution is -2.31. The van der Waals surface area contributed by atoms with E-state index in [0.29, 0.717) is 11.4 Å². The smallest absolute Gasteiger partial charge is 0.319 e. The Morgan fingerprint density at radius 2 is 1.96 bits per heavy atom. The van der Waals surface area contributed by atoms with Crippen LogP contribution in [0.3, 0.4) is 0 Å². The molecule has 1 aromatic carbocycles. The second-order valence-electron chi connectivity index (χ2n) is 5.04. The van der Waals surface area contributed by atoms with Crippen LogP contribution in [0.5, 0.6) is 0 Å². The van der Waals surface area contributed by atoms with E-state index < -0.39 is 17.8 Å². The van der Waals surface area contributed by atoms with E-state index in [0.717, 1.165) is 11.8 Å². The van der Waals surface area contributed by atoms with Crippen LogP contribution in [0, 0.1) is 12.7 Å². The Kier molecular flexibility index (Phi) is 5.00. The van der Waals surface area contributed by atoms with Crippen LogP contribution in [0.4, 0.5) is 14.9 Å². The van der Waals surface area contributed by atoms with Crippen molar-refractivity contribution in [2.45, 2.75) is 19.9 Å². The van der Waals surface area contributed by atoms with Gasteiger partial charge in [-0.05, 0) is 44.2 Å². The summed E-state index contributed by atoms with van der Waals surface area (Å²) >= 11 is 0. The van der Waals surface area contributed by atoms with E-state index in [2.05, 4.69) is 16.0 Å². The Hall–Kier alpha value is -2.83. The Labute approximate surface area is 133 Å². The molecular weight excluding hydrogens is 301 g/mol. The molecule has 6 nitrogen and oxygen atoms in total. The number of hydrogen-bond donors (Lipinski definition) is 3. The van der Waals surface area contributed by atoms with Crippen molar-refractivity contribution in [3.8, 4) is 0 Å². The molecule has 122 valence electrons. The summed E-state index contributed by atoms with van der Waals surface area (Å²) in [6.07, 6.45) is 0. The molecule has 3 amide bonds. The molecule has 23 heavy (non-hydrogen) atoms. The van der Waals surface area contributed by atoms with E-state index >= 15 is 0 Å². The minimum absolute atomic E-state index is 0.139. The van der Waals surface area contributed by atoms with Gasteiger partial charge in [0.2, 0.25) is 0 Å². The van der Waals surface area contributed by atoms with E-state index in [1.54, 1.807) is 19.1 Å². The highest BCUT2D eigenvalue weighted by molar-refractivity contribution is 5.97. The lowest BCUT2D eigenvalue weighted by atomic mass is 10.1. The summed E-state index contributed by atoms with van der Waals surface area (Å²) in [5.41, 5.74) is 0.172. The number of aryl methyl sites for hydroxylation is 1. The molecule has 0 aliphatic heterocycles. The van der Waals surface area contributed by atoms with Crippen molar-refractivity contribution in [3.05, 3.63) is 53.2 Å². The van der Waals surface area contributed by atoms with Crippen LogP contribution in [-0.4, -0.2) is 19.0 Å². The van der Waals surface area contributed by atoms with Crippen molar-refractivity contribution < 1.29 is 18.4 Å². The number of hydrogen-bond acceptors (Lipinski definition) is 3. The summed E-state index contributed by atoms with van der Waals surface area (Å²) in [5.74, 6) is 0.159. The minimum atomic E-state index is -0.658. The molecule has 0 fully saturated rings. The normalized spacial score (nSPS) is 11.7. The summed E-state index contributed by atoms with van der Waals surface area (Å²) in [4.78, 5) is 23.5. The number of rotatable bonds is 4. The van der Waals surface area contributed by atoms with Crippen LogP contribution < -0.4 is 16.0 Å². The van der Waals surface area contributed by atoms with Crippen LogP contribution in [0.25, 0.3) is 0 Å². The van der Waals surface area contributed by atoms with Gasteiger partial charge in [0.05, 0.1) is 11.6 Å². The second-order valence-corrected chi connectivity index (χ2v) is 5.04. The average Bonchev–Trinajstić information content (AvgIpc) is 2.95. The van der Waals surface area contributed by atoms with Gasteiger partial charge in [0, 0.05) is 12.7 Å². The molecule has 0 aliphatic rings. The van der Waals surface area contributed by atoms with Gasteiger partial charge in [0.15, 0.2) is 0 Å². The van der Waals surface area contributed by atoms with Gasteiger partial charge in [-0.15, -0.1) is 0 Å². The lowest BCUT2D eigenvalue weighted by molar-refractivity contribution is 0.0959. The fraction of sp³-hybridized carbons (Fsp3) is 0.250. The molecule has 2 aromatic rings. The monoisotopic (exact) mass is 319 g/mol. The van der Waals surface area contributed by atoms with Crippen molar-refractivity contribution in [1.29, 1.82) is 0 Å². The first-order valence-electron chi connectivity index (χ1n) is 7.06. The number of carbonyl (C=O) groups is 2. The SMILES string of the molecule is CNC(=O)c1cc(NC(=O)NC(C)c2ccc(C)o2)ccc1F. The van der Waals surface area contributed by atoms with Gasteiger partial charge < -0.3 is 20.4 Å². The predicted molar refractivity (Wildman–Crippen MR) is 83.8 cm³/mol. The van der Waals surface area contributed by atoms with Gasteiger partial charge in [-0.2, -0.15) is 0 Å². The van der Waals surface area contributed by atoms with Gasteiger partial charge in [-0.25, -0.2) is 9.18 Å². The molecule has 1 atom stereocenters. The molecule has 7 heteroatoms. The molecule has 0 bridgehead atoms. The minimum Gasteiger partial charge on any atom is -0.464 e. The van der Waals surface area contributed by atoms with Gasteiger partial charge >= 0.3 is 6.03 Å². The summed E-state index contributed by atoms with van der Waals surface area (Å²) in [7, 11) is 1.40. The van der Waals surface area contributed by atoms with Crippen molar-refractivity contribution in [3.63, 3.8) is 0 Å². The molecule has 2 rings (SSSR count). The maximum atomic E-state index is 13.6. The second kappa shape index (κ2) is 6.95. The molecule has 0 saturated heterocycles. The molecule has 0 saturated carbocycles. The average molecular weight is 319 g/mol. The number of furan rings is 1. The number of amides is 3. The highest BCUT2D eigenvalue weighted by Gasteiger charge is 2.15. The highest BCUT2D eigenvalue weighted by atomic mass is 19.1. The molecule has 3 N–H and O–H groups in total. The fourth-order valence-electron chi connectivity index (χ4n) is 2.03. The van der Waals surface area contributed by atoms with E-state index in [1.165, 1.54) is 19.2 Å². The van der Waals surface area contributed by atoms with Crippen molar-refractivity contribution in [1.82, 2.24) is 10.6 Å². The molecule has 0 spiro atoms. The third kappa shape index (κ3) is 4.09. The third-order valence-corrected chi connectivity index (χ3v) is 3.23. The van der Waals surface area contributed by atoms with Crippen LogP contribution in [-0.2, 0) is 0 Å². The number of anilines is 1. The van der Waals surface area contributed by atoms with Crippen molar-refractivity contribution >= 4 is 17.6 Å². The maximum absolute atomic E-state index is 13.6. The Balaban J connectivity index is 2.04. The Morgan fingerprint density at radius 3 is 2.57 bits per heavy atom. The van der Waals surface area contributed by atoms with E-state index in [-0.39, 0.29) is 11.6 Å². The zero-order valence-electron chi connectivity index (χ0n) is 13.1. The number of urea groups is 1. The largest absolute Gasteiger partial charge is 0.464 e. The first-order chi connectivity index (χ1) is 10.9. The van der Waals surface area contributed by atoms with Gasteiger partial charge in [-0.3, -0.25) is 4.79 Å². The predicted octanol–water partition coefficient (Wildman–Crippen LogP) is 2.97. The maximum Gasteiger partial charge on any atom is 0.319 e. The summed E-state index contributed by atoms with van der Waals surface area (Å²) in [6.45, 7) is 3.59. The van der Waals surface area contributed by atoms with Crippen molar-refractivity contribution in [2.75, 3.05) is 12.4 Å². The number of halogens is 1. The fourth-order valence-corrected chi connectivity index (χ4v) is 2.03. The zero-order chi connectivity index (χ0) is 17.0. The zero-order valence-corrected chi connectivity index (χ0v) is 13.1. The molecular formula is C16H18FN3O3. The number of benzene rings is 1. The standard InChI is InChI=1S/C16H18FN3O3/c1-9-4-7-14(23-9)10(2)19-16(22)20-11-5-6-13(17)12(8-11)15(21)18-3/h4-8,10H,1-3H3,(H,18,21)(H2,19,20,22). The van der Waals surface area contributed by atoms with Gasteiger partial charge in [0.25, 0.3) is 5.91 Å². The summed E-state index contributed by atoms with van der Waals surface area (Å²) < 4.78 is 19.0.